The molecule has 0 aliphatic rings. The van der Waals surface area contributed by atoms with Gasteiger partial charge in [-0.3, -0.25) is 4.98 Å². The molecule has 2 nitrogen and oxygen atoms in total. The molecule has 0 atom stereocenters. The van der Waals surface area contributed by atoms with Crippen LogP contribution >= 0.6 is 54.8 Å². The van der Waals surface area contributed by atoms with Gasteiger partial charge in [0.1, 0.15) is 10.7 Å². The molecule has 0 saturated carbocycles. The Hall–Kier alpha value is 0.0300. The molecule has 0 aromatic carbocycles. The number of thiazole rings is 1. The maximum absolute atomic E-state index is 5.70. The van der Waals surface area contributed by atoms with Crippen molar-refractivity contribution in [1.29, 1.82) is 0 Å². The van der Waals surface area contributed by atoms with Gasteiger partial charge in [-0.1, -0.05) is 0 Å². The van der Waals surface area contributed by atoms with Crippen LogP contribution in [0.4, 0.5) is 0 Å². The van der Waals surface area contributed by atoms with Crippen LogP contribution < -0.4 is 0 Å². The quantitative estimate of drug-likeness (QED) is 0.731. The van der Waals surface area contributed by atoms with E-state index in [4.69, 9.17) is 11.6 Å². The summed E-state index contributed by atoms with van der Waals surface area (Å²) in [5.74, 6) is 0.435. The first kappa shape index (κ1) is 11.5. The number of halogens is 3. The van der Waals surface area contributed by atoms with E-state index in [9.17, 15) is 0 Å². The van der Waals surface area contributed by atoms with Crippen molar-refractivity contribution in [3.63, 3.8) is 0 Å². The van der Waals surface area contributed by atoms with Crippen LogP contribution in [0.2, 0.25) is 0 Å². The lowest BCUT2D eigenvalue weighted by Gasteiger charge is -1.99. The summed E-state index contributed by atoms with van der Waals surface area (Å²) in [6.45, 7) is 0. The smallest absolute Gasteiger partial charge is 0.143 e. The molecule has 0 aliphatic heterocycles. The van der Waals surface area contributed by atoms with Crippen molar-refractivity contribution in [1.82, 2.24) is 9.97 Å². The number of hydrogen-bond donors (Lipinski definition) is 0. The van der Waals surface area contributed by atoms with Gasteiger partial charge in [0.25, 0.3) is 0 Å². The Morgan fingerprint density at radius 2 is 2.20 bits per heavy atom. The van der Waals surface area contributed by atoms with Gasteiger partial charge < -0.3 is 0 Å². The minimum absolute atomic E-state index is 0.435. The molecule has 2 aromatic heterocycles. The zero-order valence-electron chi connectivity index (χ0n) is 7.38. The molecule has 0 radical (unpaired) electrons. The molecule has 2 rings (SSSR count). The van der Waals surface area contributed by atoms with E-state index >= 15 is 0 Å². The third-order valence-electron chi connectivity index (χ3n) is 1.70. The monoisotopic (exact) mass is 366 g/mol. The van der Waals surface area contributed by atoms with Crippen LogP contribution in [0, 0.1) is 0 Å². The highest BCUT2D eigenvalue weighted by Crippen LogP contribution is 2.30. The first-order valence-electron chi connectivity index (χ1n) is 4.02. The van der Waals surface area contributed by atoms with Gasteiger partial charge in [0.15, 0.2) is 0 Å². The largest absolute Gasteiger partial charge is 0.251 e. The van der Waals surface area contributed by atoms with E-state index < -0.39 is 0 Å². The van der Waals surface area contributed by atoms with Crippen LogP contribution in [0.25, 0.3) is 10.7 Å². The molecule has 0 N–H and O–H groups in total. The SMILES string of the molecule is ClCc1csc(-c2ncc(Br)cc2Br)n1. The molecule has 2 aromatic rings. The highest BCUT2D eigenvalue weighted by atomic mass is 79.9. The number of aromatic nitrogens is 2. The second-order valence-electron chi connectivity index (χ2n) is 2.76. The van der Waals surface area contributed by atoms with E-state index in [1.165, 1.54) is 0 Å². The number of hydrogen-bond acceptors (Lipinski definition) is 3. The Balaban J connectivity index is 2.44. The summed E-state index contributed by atoms with van der Waals surface area (Å²) in [6.07, 6.45) is 1.75. The number of alkyl halides is 1. The minimum Gasteiger partial charge on any atom is -0.251 e. The molecule has 2 heterocycles. The van der Waals surface area contributed by atoms with Crippen molar-refractivity contribution in [2.45, 2.75) is 5.88 Å². The summed E-state index contributed by atoms with van der Waals surface area (Å²) < 4.78 is 1.86. The zero-order valence-corrected chi connectivity index (χ0v) is 12.1. The Kier molecular flexibility index (Phi) is 3.77. The fourth-order valence-corrected chi connectivity index (χ4v) is 3.41. The molecule has 78 valence electrons. The summed E-state index contributed by atoms with van der Waals surface area (Å²) >= 11 is 14.1. The van der Waals surface area contributed by atoms with E-state index in [0.717, 1.165) is 25.3 Å². The molecule has 0 aliphatic carbocycles. The Bertz CT molecular complexity index is 487. The van der Waals surface area contributed by atoms with Crippen molar-refractivity contribution < 1.29 is 0 Å². The summed E-state index contributed by atoms with van der Waals surface area (Å²) in [6, 6.07) is 1.95. The summed E-state index contributed by atoms with van der Waals surface area (Å²) in [5.41, 5.74) is 1.73. The fraction of sp³-hybridized carbons (Fsp3) is 0.111. The lowest BCUT2D eigenvalue weighted by molar-refractivity contribution is 1.20. The molecule has 0 spiro atoms. The second-order valence-corrected chi connectivity index (χ2v) is 5.66. The Labute approximate surface area is 113 Å². The molecular formula is C9H5Br2ClN2S. The summed E-state index contributed by atoms with van der Waals surface area (Å²) in [7, 11) is 0. The lowest BCUT2D eigenvalue weighted by atomic mass is 10.4. The summed E-state index contributed by atoms with van der Waals surface area (Å²) in [4.78, 5) is 8.68. The molecular weight excluding hydrogens is 363 g/mol. The van der Waals surface area contributed by atoms with Crippen LogP contribution in [0.15, 0.2) is 26.6 Å². The molecule has 0 bridgehead atoms. The fourth-order valence-electron chi connectivity index (χ4n) is 1.05. The third-order valence-corrected chi connectivity index (χ3v) is 3.91. The molecule has 0 saturated heterocycles. The molecule has 0 amide bonds. The highest BCUT2D eigenvalue weighted by molar-refractivity contribution is 9.11. The van der Waals surface area contributed by atoms with Crippen LogP contribution in [0.3, 0.4) is 0 Å². The van der Waals surface area contributed by atoms with Gasteiger partial charge in [-0.15, -0.1) is 22.9 Å². The standard InChI is InChI=1S/C9H5Br2ClN2S/c10-5-1-7(11)8(13-3-5)9-14-6(2-12)4-15-9/h1,3-4H,2H2. The second kappa shape index (κ2) is 4.91. The van der Waals surface area contributed by atoms with Gasteiger partial charge in [-0.2, -0.15) is 0 Å². The van der Waals surface area contributed by atoms with Crippen LogP contribution in [0.5, 0.6) is 0 Å². The molecule has 15 heavy (non-hydrogen) atoms. The van der Waals surface area contributed by atoms with Gasteiger partial charge in [0.2, 0.25) is 0 Å². The normalized spacial score (nSPS) is 10.6. The predicted octanol–water partition coefficient (Wildman–Crippen LogP) is 4.47. The average Bonchev–Trinajstić information content (AvgIpc) is 2.66. The topological polar surface area (TPSA) is 25.8 Å². The number of rotatable bonds is 2. The van der Waals surface area contributed by atoms with Gasteiger partial charge in [-0.25, -0.2) is 4.98 Å². The van der Waals surface area contributed by atoms with Gasteiger partial charge in [0.05, 0.1) is 11.6 Å². The van der Waals surface area contributed by atoms with Gasteiger partial charge >= 0.3 is 0 Å². The number of nitrogens with zero attached hydrogens (tertiary/aromatic N) is 2. The Morgan fingerprint density at radius 3 is 2.80 bits per heavy atom. The van der Waals surface area contributed by atoms with Crippen LogP contribution in [0.1, 0.15) is 5.69 Å². The van der Waals surface area contributed by atoms with E-state index in [2.05, 4.69) is 41.8 Å². The van der Waals surface area contributed by atoms with E-state index in [0.29, 0.717) is 5.88 Å². The van der Waals surface area contributed by atoms with E-state index in [1.807, 2.05) is 11.4 Å². The molecule has 0 fully saturated rings. The van der Waals surface area contributed by atoms with Crippen molar-refractivity contribution in [3.05, 3.63) is 32.3 Å². The lowest BCUT2D eigenvalue weighted by Crippen LogP contribution is -1.85. The highest BCUT2D eigenvalue weighted by Gasteiger charge is 2.09. The summed E-state index contributed by atoms with van der Waals surface area (Å²) in [5, 5.41) is 2.82. The maximum Gasteiger partial charge on any atom is 0.143 e. The zero-order chi connectivity index (χ0) is 10.8. The van der Waals surface area contributed by atoms with Crippen LogP contribution in [-0.4, -0.2) is 9.97 Å². The van der Waals surface area contributed by atoms with Crippen LogP contribution in [-0.2, 0) is 5.88 Å². The third kappa shape index (κ3) is 2.58. The molecule has 0 unspecified atom stereocenters. The average molecular weight is 368 g/mol. The van der Waals surface area contributed by atoms with E-state index in [-0.39, 0.29) is 0 Å². The Morgan fingerprint density at radius 1 is 1.40 bits per heavy atom. The van der Waals surface area contributed by atoms with Crippen molar-refractivity contribution in [3.8, 4) is 10.7 Å². The predicted molar refractivity (Wildman–Crippen MR) is 70.3 cm³/mol. The first-order valence-corrected chi connectivity index (χ1v) is 7.02. The maximum atomic E-state index is 5.70. The molecule has 6 heteroatoms. The van der Waals surface area contributed by atoms with Crippen molar-refractivity contribution >= 4 is 54.8 Å². The van der Waals surface area contributed by atoms with Gasteiger partial charge in [0, 0.05) is 20.5 Å². The first-order chi connectivity index (χ1) is 7.20. The van der Waals surface area contributed by atoms with Crippen molar-refractivity contribution in [2.24, 2.45) is 0 Å². The minimum atomic E-state index is 0.435. The van der Waals surface area contributed by atoms with Crippen molar-refractivity contribution in [2.75, 3.05) is 0 Å². The van der Waals surface area contributed by atoms with E-state index in [1.54, 1.807) is 17.5 Å². The number of pyridine rings is 1. The van der Waals surface area contributed by atoms with Gasteiger partial charge in [-0.05, 0) is 37.9 Å².